The van der Waals surface area contributed by atoms with Crippen molar-refractivity contribution in [2.24, 2.45) is 0 Å². The van der Waals surface area contributed by atoms with Gasteiger partial charge in [0.05, 0.1) is 19.5 Å². The number of methoxy groups -OCH3 is 2. The second-order valence-corrected chi connectivity index (χ2v) is 6.91. The lowest BCUT2D eigenvalue weighted by Gasteiger charge is -2.12. The third-order valence-corrected chi connectivity index (χ3v) is 5.39. The van der Waals surface area contributed by atoms with E-state index in [-0.39, 0.29) is 11.2 Å². The van der Waals surface area contributed by atoms with Gasteiger partial charge < -0.3 is 14.8 Å². The number of hydrogen-bond acceptors (Lipinski definition) is 5. The molecule has 1 atom stereocenters. The zero-order valence-corrected chi connectivity index (χ0v) is 14.9. The fraction of sp³-hybridized carbons (Fsp3) is 0.263. The number of carbonyl (C=O) groups is 2. The Kier molecular flexibility index (Phi) is 5.28. The van der Waals surface area contributed by atoms with E-state index in [2.05, 4.69) is 11.4 Å². The maximum absolute atomic E-state index is 12.4. The topological polar surface area (TPSA) is 64.6 Å². The van der Waals surface area contributed by atoms with Gasteiger partial charge in [0.15, 0.2) is 0 Å². The Morgan fingerprint density at radius 1 is 1.20 bits per heavy atom. The van der Waals surface area contributed by atoms with Crippen molar-refractivity contribution in [3.05, 3.63) is 59.2 Å². The van der Waals surface area contributed by atoms with Crippen molar-refractivity contribution in [2.75, 3.05) is 14.2 Å². The molecule has 0 saturated carbocycles. The van der Waals surface area contributed by atoms with Crippen molar-refractivity contribution < 1.29 is 19.1 Å². The number of benzene rings is 2. The molecule has 1 amide bonds. The first kappa shape index (κ1) is 17.4. The van der Waals surface area contributed by atoms with Crippen LogP contribution in [0.2, 0.25) is 0 Å². The number of carbonyl (C=O) groups excluding carboxylic acids is 2. The zero-order valence-electron chi connectivity index (χ0n) is 14.1. The van der Waals surface area contributed by atoms with E-state index in [0.29, 0.717) is 17.9 Å². The van der Waals surface area contributed by atoms with Gasteiger partial charge in [0.2, 0.25) is 5.91 Å². The van der Waals surface area contributed by atoms with Crippen LogP contribution >= 0.6 is 11.8 Å². The Bertz CT molecular complexity index is 781. The highest BCUT2D eigenvalue weighted by molar-refractivity contribution is 8.01. The second-order valence-electron chi connectivity index (χ2n) is 5.66. The minimum Gasteiger partial charge on any atom is -0.496 e. The quantitative estimate of drug-likeness (QED) is 0.834. The van der Waals surface area contributed by atoms with Gasteiger partial charge in [0, 0.05) is 11.4 Å². The summed E-state index contributed by atoms with van der Waals surface area (Å²) in [5, 5.41) is 2.83. The number of hydrogen-bond donors (Lipinski definition) is 1. The summed E-state index contributed by atoms with van der Waals surface area (Å²) in [4.78, 5) is 25.4. The second kappa shape index (κ2) is 7.61. The molecule has 130 valence electrons. The lowest BCUT2D eigenvalue weighted by molar-refractivity contribution is -0.120. The van der Waals surface area contributed by atoms with Gasteiger partial charge in [-0.05, 0) is 35.7 Å². The number of thioether (sulfide) groups is 1. The molecular formula is C19H19NO4S. The number of nitrogens with one attached hydrogen (secondary N) is 1. The van der Waals surface area contributed by atoms with Gasteiger partial charge in [-0.3, -0.25) is 4.79 Å². The molecule has 5 nitrogen and oxygen atoms in total. The summed E-state index contributed by atoms with van der Waals surface area (Å²) in [5.41, 5.74) is 2.37. The number of fused-ring (bicyclic) bond motifs is 1. The van der Waals surface area contributed by atoms with Crippen molar-refractivity contribution in [3.8, 4) is 5.75 Å². The predicted octanol–water partition coefficient (Wildman–Crippen LogP) is 2.82. The van der Waals surface area contributed by atoms with Crippen LogP contribution in [0, 0.1) is 0 Å². The largest absolute Gasteiger partial charge is 0.496 e. The van der Waals surface area contributed by atoms with Gasteiger partial charge in [0.25, 0.3) is 0 Å². The summed E-state index contributed by atoms with van der Waals surface area (Å²) >= 11 is 1.59. The van der Waals surface area contributed by atoms with Gasteiger partial charge in [-0.15, -0.1) is 11.8 Å². The number of esters is 1. The Balaban J connectivity index is 1.64. The van der Waals surface area contributed by atoms with E-state index in [4.69, 9.17) is 9.47 Å². The molecule has 1 N–H and O–H groups in total. The molecule has 0 aromatic heterocycles. The molecule has 0 unspecified atom stereocenters. The molecule has 1 aliphatic heterocycles. The molecule has 0 fully saturated rings. The van der Waals surface area contributed by atoms with Crippen LogP contribution in [0.1, 0.15) is 21.5 Å². The fourth-order valence-electron chi connectivity index (χ4n) is 2.77. The minimum atomic E-state index is -0.466. The Morgan fingerprint density at radius 2 is 2.00 bits per heavy atom. The summed E-state index contributed by atoms with van der Waals surface area (Å²) in [6.07, 6.45) is 0.739. The van der Waals surface area contributed by atoms with E-state index in [0.717, 1.165) is 12.0 Å². The molecule has 0 spiro atoms. The summed E-state index contributed by atoms with van der Waals surface area (Å²) in [6.45, 7) is 0.347. The Hall–Kier alpha value is -2.47. The van der Waals surface area contributed by atoms with E-state index >= 15 is 0 Å². The van der Waals surface area contributed by atoms with Crippen molar-refractivity contribution in [3.63, 3.8) is 0 Å². The summed E-state index contributed by atoms with van der Waals surface area (Å²) in [7, 11) is 2.82. The first-order chi connectivity index (χ1) is 12.1. The third kappa shape index (κ3) is 3.79. The highest BCUT2D eigenvalue weighted by atomic mass is 32.2. The van der Waals surface area contributed by atoms with Gasteiger partial charge in [-0.25, -0.2) is 4.79 Å². The highest BCUT2D eigenvalue weighted by Crippen LogP contribution is 2.36. The van der Waals surface area contributed by atoms with Crippen molar-refractivity contribution in [1.82, 2.24) is 5.32 Å². The molecule has 0 aliphatic carbocycles. The van der Waals surface area contributed by atoms with Gasteiger partial charge in [0.1, 0.15) is 11.3 Å². The van der Waals surface area contributed by atoms with Crippen molar-refractivity contribution in [1.29, 1.82) is 0 Å². The molecule has 3 rings (SSSR count). The van der Waals surface area contributed by atoms with Crippen LogP contribution < -0.4 is 10.1 Å². The van der Waals surface area contributed by atoms with Crippen LogP contribution in [0.15, 0.2) is 47.4 Å². The molecule has 1 aliphatic rings. The lowest BCUT2D eigenvalue weighted by atomic mass is 10.1. The molecule has 2 aromatic rings. The standard InChI is InChI=1S/C19H19NO4S/c1-23-15-8-7-12(9-14(15)19(22)24-2)11-20-18(21)17-10-13-5-3-4-6-16(13)25-17/h3-9,17H,10-11H2,1-2H3,(H,20,21)/t17-/m1/s1. The molecule has 6 heteroatoms. The van der Waals surface area contributed by atoms with Crippen LogP contribution in [-0.2, 0) is 22.5 Å². The summed E-state index contributed by atoms with van der Waals surface area (Å²) in [5.74, 6) is -0.0211. The van der Waals surface area contributed by atoms with Crippen LogP contribution in [0.3, 0.4) is 0 Å². The number of ether oxygens (including phenoxy) is 2. The molecule has 25 heavy (non-hydrogen) atoms. The van der Waals surface area contributed by atoms with E-state index in [1.807, 2.05) is 24.3 Å². The molecule has 0 radical (unpaired) electrons. The minimum absolute atomic E-state index is 0.00311. The van der Waals surface area contributed by atoms with Crippen molar-refractivity contribution >= 4 is 23.6 Å². The van der Waals surface area contributed by atoms with E-state index in [9.17, 15) is 9.59 Å². The van der Waals surface area contributed by atoms with Crippen LogP contribution in [0.5, 0.6) is 5.75 Å². The average Bonchev–Trinajstić information content (AvgIpc) is 3.09. The molecule has 2 aromatic carbocycles. The molecular weight excluding hydrogens is 338 g/mol. The lowest BCUT2D eigenvalue weighted by Crippen LogP contribution is -2.32. The number of amides is 1. The number of rotatable bonds is 5. The van der Waals surface area contributed by atoms with Crippen molar-refractivity contribution in [2.45, 2.75) is 23.1 Å². The van der Waals surface area contributed by atoms with Crippen LogP contribution in [0.25, 0.3) is 0 Å². The fourth-order valence-corrected chi connectivity index (χ4v) is 3.99. The molecule has 1 heterocycles. The predicted molar refractivity (Wildman–Crippen MR) is 96.0 cm³/mol. The summed E-state index contributed by atoms with van der Waals surface area (Å²) in [6, 6.07) is 13.3. The summed E-state index contributed by atoms with van der Waals surface area (Å²) < 4.78 is 9.94. The SMILES string of the molecule is COC(=O)c1cc(CNC(=O)[C@H]2Cc3ccccc3S2)ccc1OC. The van der Waals surface area contributed by atoms with E-state index in [1.54, 1.807) is 23.9 Å². The molecule has 0 saturated heterocycles. The molecule has 0 bridgehead atoms. The first-order valence-electron chi connectivity index (χ1n) is 7.90. The Morgan fingerprint density at radius 3 is 2.72 bits per heavy atom. The smallest absolute Gasteiger partial charge is 0.341 e. The van der Waals surface area contributed by atoms with Gasteiger partial charge in [-0.2, -0.15) is 0 Å². The maximum Gasteiger partial charge on any atom is 0.341 e. The zero-order chi connectivity index (χ0) is 17.8. The highest BCUT2D eigenvalue weighted by Gasteiger charge is 2.27. The van der Waals surface area contributed by atoms with Gasteiger partial charge >= 0.3 is 5.97 Å². The first-order valence-corrected chi connectivity index (χ1v) is 8.78. The third-order valence-electron chi connectivity index (χ3n) is 4.08. The normalized spacial score (nSPS) is 15.4. The maximum atomic E-state index is 12.4. The van der Waals surface area contributed by atoms with E-state index in [1.165, 1.54) is 24.7 Å². The monoisotopic (exact) mass is 357 g/mol. The van der Waals surface area contributed by atoms with Gasteiger partial charge in [-0.1, -0.05) is 24.3 Å². The van der Waals surface area contributed by atoms with Crippen LogP contribution in [-0.4, -0.2) is 31.3 Å². The van der Waals surface area contributed by atoms with E-state index < -0.39 is 5.97 Å². The van der Waals surface area contributed by atoms with Crippen LogP contribution in [0.4, 0.5) is 0 Å². The Labute approximate surface area is 150 Å². The average molecular weight is 357 g/mol.